The van der Waals surface area contributed by atoms with Crippen LogP contribution >= 0.6 is 39.0 Å². The van der Waals surface area contributed by atoms with E-state index in [0.717, 1.165) is 15.8 Å². The number of imide groups is 1. The Bertz CT molecular complexity index is 1290. The topological polar surface area (TPSA) is 113 Å². The third-order valence-electron chi connectivity index (χ3n) is 5.37. The molecule has 2 aromatic carbocycles. The fourth-order valence-electron chi connectivity index (χ4n) is 4.02. The number of nitro groups is 1. The number of nitrogens with one attached hydrogen (secondary N) is 1. The average Bonchev–Trinajstić information content (AvgIpc) is 3.24. The van der Waals surface area contributed by atoms with Gasteiger partial charge in [-0.1, -0.05) is 51.2 Å². The maximum atomic E-state index is 13.5. The lowest BCUT2D eigenvalue weighted by atomic mass is 9.83. The van der Waals surface area contributed by atoms with Crippen molar-refractivity contribution in [1.29, 1.82) is 0 Å². The van der Waals surface area contributed by atoms with Gasteiger partial charge < -0.3 is 4.98 Å². The van der Waals surface area contributed by atoms with E-state index in [-0.39, 0.29) is 22.4 Å². The zero-order valence-corrected chi connectivity index (χ0v) is 18.7. The van der Waals surface area contributed by atoms with Gasteiger partial charge in [-0.3, -0.25) is 24.5 Å². The number of hydrogen-bond donors (Lipinski definition) is 1. The number of thiazole rings is 1. The second kappa shape index (κ2) is 7.43. The van der Waals surface area contributed by atoms with Crippen molar-refractivity contribution in [3.8, 4) is 0 Å². The highest BCUT2D eigenvalue weighted by atomic mass is 79.9. The summed E-state index contributed by atoms with van der Waals surface area (Å²) in [7, 11) is 0. The van der Waals surface area contributed by atoms with Gasteiger partial charge in [0, 0.05) is 27.4 Å². The largest absolute Gasteiger partial charge is 0.307 e. The predicted molar refractivity (Wildman–Crippen MR) is 120 cm³/mol. The molecule has 2 amide bonds. The molecule has 0 bridgehead atoms. The van der Waals surface area contributed by atoms with Crippen molar-refractivity contribution < 1.29 is 14.5 Å². The lowest BCUT2D eigenvalue weighted by Crippen LogP contribution is -2.32. The van der Waals surface area contributed by atoms with E-state index < -0.39 is 22.0 Å². The zero-order valence-electron chi connectivity index (χ0n) is 15.5. The number of non-ortho nitro benzene ring substituents is 1. The Balaban J connectivity index is 1.63. The molecular weight excluding hydrogens is 506 g/mol. The van der Waals surface area contributed by atoms with Gasteiger partial charge >= 0.3 is 4.87 Å². The number of H-pyrrole nitrogens is 1. The number of carbonyl (C=O) groups excluding carboxylic acids is 2. The summed E-state index contributed by atoms with van der Waals surface area (Å²) in [6.45, 7) is 0. The smallest absolute Gasteiger partial charge is 0.305 e. The lowest BCUT2D eigenvalue weighted by molar-refractivity contribution is -0.384. The molecule has 1 N–H and O–H groups in total. The molecular formula is C20H12BrN3O5S2. The molecule has 0 spiro atoms. The van der Waals surface area contributed by atoms with Gasteiger partial charge in [-0.15, -0.1) is 0 Å². The van der Waals surface area contributed by atoms with Crippen molar-refractivity contribution in [3.63, 3.8) is 0 Å². The quantitative estimate of drug-likeness (QED) is 0.320. The number of aromatic nitrogens is 1. The highest BCUT2D eigenvalue weighted by Crippen LogP contribution is 2.53. The van der Waals surface area contributed by atoms with Gasteiger partial charge in [-0.25, -0.2) is 4.90 Å². The molecule has 1 saturated heterocycles. The van der Waals surface area contributed by atoms with E-state index >= 15 is 0 Å². The summed E-state index contributed by atoms with van der Waals surface area (Å²) in [5, 5.41) is 10.9. The van der Waals surface area contributed by atoms with Gasteiger partial charge in [-0.05, 0) is 29.8 Å². The average molecular weight is 518 g/mol. The van der Waals surface area contributed by atoms with Gasteiger partial charge in [0.1, 0.15) is 5.25 Å². The van der Waals surface area contributed by atoms with E-state index in [1.807, 2.05) is 0 Å². The Morgan fingerprint density at radius 2 is 1.68 bits per heavy atom. The summed E-state index contributed by atoms with van der Waals surface area (Å²) in [6.07, 6.45) is 0. The van der Waals surface area contributed by atoms with Crippen molar-refractivity contribution in [2.75, 3.05) is 4.90 Å². The number of thioether (sulfide) groups is 1. The number of halogens is 1. The summed E-state index contributed by atoms with van der Waals surface area (Å²) in [4.78, 5) is 53.7. The molecule has 2 aliphatic rings. The van der Waals surface area contributed by atoms with Crippen LogP contribution < -0.4 is 9.77 Å². The van der Waals surface area contributed by atoms with Crippen LogP contribution in [-0.4, -0.2) is 27.0 Å². The Hall–Kier alpha value is -2.76. The number of fused-ring (bicyclic) bond motifs is 2. The van der Waals surface area contributed by atoms with E-state index in [0.29, 0.717) is 21.2 Å². The van der Waals surface area contributed by atoms with Crippen molar-refractivity contribution >= 4 is 62.2 Å². The monoisotopic (exact) mass is 517 g/mol. The van der Waals surface area contributed by atoms with Gasteiger partial charge in [0.25, 0.3) is 5.69 Å². The number of nitrogens with zero attached hydrogens (tertiary/aromatic N) is 2. The summed E-state index contributed by atoms with van der Waals surface area (Å²) < 4.78 is 0.825. The summed E-state index contributed by atoms with van der Waals surface area (Å²) in [5.74, 6) is -1.96. The molecule has 0 aliphatic carbocycles. The standard InChI is InChI=1S/C20H12BrN3O5S2/c21-10-3-7-11(8-4-10)23-18(25)14-13(9-1-5-12(6-2-9)24(28)29)15-17(22-20(27)31-15)30-16(14)19(23)26/h1-8,13-14,16H,(H,22,27)/t13-,14+,16+/m1/s1. The summed E-state index contributed by atoms with van der Waals surface area (Å²) >= 11 is 5.54. The maximum Gasteiger partial charge on any atom is 0.305 e. The number of anilines is 1. The Morgan fingerprint density at radius 1 is 1.00 bits per heavy atom. The van der Waals surface area contributed by atoms with Crippen LogP contribution in [0.5, 0.6) is 0 Å². The molecule has 31 heavy (non-hydrogen) atoms. The van der Waals surface area contributed by atoms with E-state index in [1.165, 1.54) is 28.8 Å². The SMILES string of the molecule is O=C1[C@H]2[C@@H](c3ccc([N+](=O)[O-])cc3)c3sc(=O)[nH]c3S[C@@H]2C(=O)N1c1ccc(Br)cc1. The molecule has 3 aromatic rings. The van der Waals surface area contributed by atoms with E-state index in [2.05, 4.69) is 20.9 Å². The fourth-order valence-corrected chi connectivity index (χ4v) is 6.80. The third kappa shape index (κ3) is 3.24. The van der Waals surface area contributed by atoms with Crippen LogP contribution in [0.2, 0.25) is 0 Å². The second-order valence-electron chi connectivity index (χ2n) is 7.09. The number of carbonyl (C=O) groups is 2. The van der Waals surface area contributed by atoms with Gasteiger partial charge in [-0.2, -0.15) is 0 Å². The van der Waals surface area contributed by atoms with Crippen LogP contribution in [-0.2, 0) is 9.59 Å². The Labute approximate surface area is 191 Å². The molecule has 5 rings (SSSR count). The van der Waals surface area contributed by atoms with Crippen molar-refractivity contribution in [1.82, 2.24) is 4.98 Å². The molecule has 156 valence electrons. The third-order valence-corrected chi connectivity index (χ3v) is 8.30. The maximum absolute atomic E-state index is 13.5. The van der Waals surface area contributed by atoms with Crippen LogP contribution in [0.4, 0.5) is 11.4 Å². The first kappa shape index (κ1) is 20.2. The highest BCUT2D eigenvalue weighted by molar-refractivity contribution is 9.10. The van der Waals surface area contributed by atoms with Crippen LogP contribution in [0.3, 0.4) is 0 Å². The lowest BCUT2D eigenvalue weighted by Gasteiger charge is -2.29. The second-order valence-corrected chi connectivity index (χ2v) is 10.2. The van der Waals surface area contributed by atoms with E-state index in [4.69, 9.17) is 0 Å². The summed E-state index contributed by atoms with van der Waals surface area (Å²) in [6, 6.07) is 12.8. The number of amides is 2. The first-order valence-corrected chi connectivity index (χ1v) is 11.6. The van der Waals surface area contributed by atoms with Crippen LogP contribution in [0, 0.1) is 16.0 Å². The van der Waals surface area contributed by atoms with Crippen molar-refractivity contribution in [3.05, 3.63) is 83.2 Å². The molecule has 8 nitrogen and oxygen atoms in total. The molecule has 3 heterocycles. The Kier molecular flexibility index (Phi) is 4.83. The molecule has 1 aromatic heterocycles. The van der Waals surface area contributed by atoms with Crippen molar-refractivity contribution in [2.24, 2.45) is 5.92 Å². The molecule has 0 radical (unpaired) electrons. The number of rotatable bonds is 3. The molecule has 1 fully saturated rings. The first-order chi connectivity index (χ1) is 14.8. The number of nitro benzene ring substituents is 1. The van der Waals surface area contributed by atoms with Crippen molar-refractivity contribution in [2.45, 2.75) is 16.2 Å². The zero-order chi connectivity index (χ0) is 21.9. The summed E-state index contributed by atoms with van der Waals surface area (Å²) in [5.41, 5.74) is 1.06. The number of benzene rings is 2. The fraction of sp³-hybridized carbons (Fsp3) is 0.150. The molecule has 2 aliphatic heterocycles. The van der Waals surface area contributed by atoms with Gasteiger partial charge in [0.15, 0.2) is 0 Å². The van der Waals surface area contributed by atoms with Crippen LogP contribution in [0.15, 0.2) is 62.8 Å². The van der Waals surface area contributed by atoms with Crippen LogP contribution in [0.25, 0.3) is 0 Å². The number of aromatic amines is 1. The molecule has 0 saturated carbocycles. The minimum absolute atomic E-state index is 0.0710. The minimum Gasteiger partial charge on any atom is -0.307 e. The number of hydrogen-bond acceptors (Lipinski definition) is 7. The highest BCUT2D eigenvalue weighted by Gasteiger charge is 2.56. The normalized spacial score (nSPS) is 22.4. The minimum atomic E-state index is -0.721. The van der Waals surface area contributed by atoms with E-state index in [1.54, 1.807) is 36.4 Å². The predicted octanol–water partition coefficient (Wildman–Crippen LogP) is 3.90. The Morgan fingerprint density at radius 3 is 2.32 bits per heavy atom. The molecule has 0 unspecified atom stereocenters. The van der Waals surface area contributed by atoms with Gasteiger partial charge in [0.2, 0.25) is 11.8 Å². The van der Waals surface area contributed by atoms with Crippen LogP contribution in [0.1, 0.15) is 16.4 Å². The van der Waals surface area contributed by atoms with Gasteiger partial charge in [0.05, 0.1) is 21.6 Å². The first-order valence-electron chi connectivity index (χ1n) is 9.12. The van der Waals surface area contributed by atoms with E-state index in [9.17, 15) is 24.5 Å². The molecule has 3 atom stereocenters. The molecule has 11 heteroatoms.